The van der Waals surface area contributed by atoms with E-state index >= 15 is 0 Å². The summed E-state index contributed by atoms with van der Waals surface area (Å²) in [6.07, 6.45) is 3.06. The number of hydrogen-bond acceptors (Lipinski definition) is 3. The van der Waals surface area contributed by atoms with Gasteiger partial charge < -0.3 is 10.1 Å². The van der Waals surface area contributed by atoms with Gasteiger partial charge in [0.2, 0.25) is 0 Å². The maximum absolute atomic E-state index is 12.4. The van der Waals surface area contributed by atoms with Crippen LogP contribution in [-0.2, 0) is 4.79 Å². The summed E-state index contributed by atoms with van der Waals surface area (Å²) in [5.41, 5.74) is 0.880. The van der Waals surface area contributed by atoms with Crippen LogP contribution >= 0.6 is 39.1 Å². The Morgan fingerprint density at radius 1 is 1.27 bits per heavy atom. The molecule has 0 aromatic heterocycles. The Morgan fingerprint density at radius 2 is 1.96 bits per heavy atom. The van der Waals surface area contributed by atoms with E-state index in [1.165, 1.54) is 18.2 Å². The van der Waals surface area contributed by atoms with Gasteiger partial charge in [-0.2, -0.15) is 5.26 Å². The number of rotatable bonds is 6. The summed E-state index contributed by atoms with van der Waals surface area (Å²) in [7, 11) is 0. The molecule has 0 saturated heterocycles. The normalized spacial score (nSPS) is 10.8. The molecule has 2 rings (SSSR count). The van der Waals surface area contributed by atoms with E-state index in [0.29, 0.717) is 33.7 Å². The van der Waals surface area contributed by atoms with Crippen LogP contribution in [0.4, 0.5) is 5.69 Å². The van der Waals surface area contributed by atoms with Crippen LogP contribution in [0.15, 0.2) is 59.1 Å². The number of ether oxygens (including phenoxy) is 1. The summed E-state index contributed by atoms with van der Waals surface area (Å²) in [6.45, 7) is 3.90. The lowest BCUT2D eigenvalue weighted by Crippen LogP contribution is -2.13. The number of hydrogen-bond donors (Lipinski definition) is 1. The topological polar surface area (TPSA) is 62.1 Å². The first-order valence-corrected chi connectivity index (χ1v) is 8.90. The molecule has 7 heteroatoms. The lowest BCUT2D eigenvalue weighted by molar-refractivity contribution is -0.112. The molecule has 0 radical (unpaired) electrons. The molecule has 0 atom stereocenters. The largest absolute Gasteiger partial charge is 0.489 e. The molecule has 2 aromatic rings. The molecule has 26 heavy (non-hydrogen) atoms. The second-order valence-electron chi connectivity index (χ2n) is 5.06. The summed E-state index contributed by atoms with van der Waals surface area (Å²) in [4.78, 5) is 12.4. The lowest BCUT2D eigenvalue weighted by Gasteiger charge is -2.09. The zero-order valence-electron chi connectivity index (χ0n) is 13.4. The zero-order chi connectivity index (χ0) is 19.1. The average Bonchev–Trinajstić information content (AvgIpc) is 2.57. The van der Waals surface area contributed by atoms with E-state index in [9.17, 15) is 10.1 Å². The Morgan fingerprint density at radius 3 is 2.58 bits per heavy atom. The predicted molar refractivity (Wildman–Crippen MR) is 109 cm³/mol. The van der Waals surface area contributed by atoms with Gasteiger partial charge in [-0.3, -0.25) is 4.79 Å². The third-order valence-corrected chi connectivity index (χ3v) is 4.04. The Hall–Kier alpha value is -2.26. The third-order valence-electron chi connectivity index (χ3n) is 3.11. The van der Waals surface area contributed by atoms with Crippen LogP contribution in [0.3, 0.4) is 0 Å². The van der Waals surface area contributed by atoms with E-state index in [1.54, 1.807) is 30.3 Å². The fraction of sp³-hybridized carbons (Fsp3) is 0.0526. The van der Waals surface area contributed by atoms with E-state index in [4.69, 9.17) is 27.9 Å². The van der Waals surface area contributed by atoms with E-state index in [1.807, 2.05) is 6.07 Å². The van der Waals surface area contributed by atoms with Gasteiger partial charge in [0.25, 0.3) is 5.91 Å². The number of carbonyl (C=O) groups is 1. The van der Waals surface area contributed by atoms with Crippen LogP contribution in [0.5, 0.6) is 5.75 Å². The Labute approximate surface area is 169 Å². The van der Waals surface area contributed by atoms with Gasteiger partial charge in [0.05, 0.1) is 0 Å². The minimum absolute atomic E-state index is 0.0948. The first-order chi connectivity index (χ1) is 12.4. The maximum atomic E-state index is 12.4. The second-order valence-corrected chi connectivity index (χ2v) is 6.85. The molecule has 0 heterocycles. The minimum atomic E-state index is -0.583. The Balaban J connectivity index is 2.32. The van der Waals surface area contributed by atoms with Crippen LogP contribution in [0.2, 0.25) is 10.0 Å². The fourth-order valence-electron chi connectivity index (χ4n) is 2.04. The van der Waals surface area contributed by atoms with Crippen molar-refractivity contribution in [1.82, 2.24) is 0 Å². The van der Waals surface area contributed by atoms with Crippen molar-refractivity contribution in [3.05, 3.63) is 74.7 Å². The first-order valence-electron chi connectivity index (χ1n) is 7.35. The van der Waals surface area contributed by atoms with Crippen LogP contribution in [0, 0.1) is 11.3 Å². The van der Waals surface area contributed by atoms with Crippen molar-refractivity contribution in [3.63, 3.8) is 0 Å². The van der Waals surface area contributed by atoms with Crippen LogP contribution < -0.4 is 10.1 Å². The van der Waals surface area contributed by atoms with Crippen molar-refractivity contribution in [2.45, 2.75) is 0 Å². The van der Waals surface area contributed by atoms with Gasteiger partial charge in [-0.25, -0.2) is 0 Å². The number of nitriles is 1. The van der Waals surface area contributed by atoms with Gasteiger partial charge in [-0.15, -0.1) is 0 Å². The van der Waals surface area contributed by atoms with Gasteiger partial charge in [0.1, 0.15) is 24.0 Å². The van der Waals surface area contributed by atoms with Crippen LogP contribution in [0.1, 0.15) is 5.56 Å². The summed E-state index contributed by atoms with van der Waals surface area (Å²) in [5, 5.41) is 12.7. The van der Waals surface area contributed by atoms with Crippen molar-refractivity contribution in [3.8, 4) is 11.8 Å². The second kappa shape index (κ2) is 9.44. The molecule has 4 nitrogen and oxygen atoms in total. The monoisotopic (exact) mass is 450 g/mol. The van der Waals surface area contributed by atoms with E-state index in [0.717, 1.165) is 4.47 Å². The summed E-state index contributed by atoms with van der Waals surface area (Å²) < 4.78 is 6.34. The molecular formula is C19H13BrCl2N2O2. The smallest absolute Gasteiger partial charge is 0.266 e. The number of amides is 1. The molecule has 0 saturated carbocycles. The zero-order valence-corrected chi connectivity index (χ0v) is 16.5. The van der Waals surface area contributed by atoms with Gasteiger partial charge in [0, 0.05) is 25.8 Å². The third kappa shape index (κ3) is 5.63. The number of benzene rings is 2. The minimum Gasteiger partial charge on any atom is -0.489 e. The van der Waals surface area contributed by atoms with Crippen molar-refractivity contribution in [1.29, 1.82) is 5.26 Å². The number of halogens is 3. The molecule has 1 amide bonds. The fourth-order valence-corrected chi connectivity index (χ4v) is 2.95. The number of anilines is 1. The molecule has 0 bridgehead atoms. The van der Waals surface area contributed by atoms with Crippen LogP contribution in [0.25, 0.3) is 6.08 Å². The first kappa shape index (κ1) is 20.1. The van der Waals surface area contributed by atoms with Crippen LogP contribution in [-0.4, -0.2) is 12.5 Å². The van der Waals surface area contributed by atoms with Crippen molar-refractivity contribution in [2.75, 3.05) is 11.9 Å². The predicted octanol–water partition coefficient (Wildman–Crippen LogP) is 5.87. The molecule has 0 spiro atoms. The highest BCUT2D eigenvalue weighted by molar-refractivity contribution is 9.10. The standard InChI is InChI=1S/C19H13BrCl2N2O2/c1-2-5-26-18-4-3-14(20)7-12(18)6-13(11-23)19(25)24-17-9-15(21)8-16(22)10-17/h2-4,6-10H,1,5H2,(H,24,25)/b13-6-. The Bertz CT molecular complexity index is 900. The van der Waals surface area contributed by atoms with E-state index < -0.39 is 5.91 Å². The quantitative estimate of drug-likeness (QED) is 0.339. The lowest BCUT2D eigenvalue weighted by atomic mass is 10.1. The van der Waals surface area contributed by atoms with Crippen molar-refractivity contribution >= 4 is 56.8 Å². The van der Waals surface area contributed by atoms with Crippen molar-refractivity contribution < 1.29 is 9.53 Å². The molecule has 0 aliphatic rings. The Kier molecular flexibility index (Phi) is 7.28. The molecule has 132 valence electrons. The summed E-state index contributed by atoms with van der Waals surface area (Å²) in [6, 6.07) is 11.8. The highest BCUT2D eigenvalue weighted by Crippen LogP contribution is 2.27. The number of carbonyl (C=O) groups excluding carboxylic acids is 1. The average molecular weight is 452 g/mol. The molecule has 0 aliphatic heterocycles. The molecule has 2 aromatic carbocycles. The molecule has 0 aliphatic carbocycles. The molecule has 0 fully saturated rings. The van der Waals surface area contributed by atoms with Gasteiger partial charge in [-0.05, 0) is 42.5 Å². The van der Waals surface area contributed by atoms with Crippen molar-refractivity contribution in [2.24, 2.45) is 0 Å². The number of nitrogens with zero attached hydrogens (tertiary/aromatic N) is 1. The number of nitrogens with one attached hydrogen (secondary N) is 1. The maximum Gasteiger partial charge on any atom is 0.266 e. The summed E-state index contributed by atoms with van der Waals surface area (Å²) >= 11 is 15.2. The SMILES string of the molecule is C=CCOc1ccc(Br)cc1/C=C(/C#N)C(=O)Nc1cc(Cl)cc(Cl)c1. The highest BCUT2D eigenvalue weighted by Gasteiger charge is 2.12. The molecular weight excluding hydrogens is 439 g/mol. The van der Waals surface area contributed by atoms with Gasteiger partial charge in [0.15, 0.2) is 0 Å². The van der Waals surface area contributed by atoms with Gasteiger partial charge >= 0.3 is 0 Å². The summed E-state index contributed by atoms with van der Waals surface area (Å²) in [5.74, 6) is -0.0556. The van der Waals surface area contributed by atoms with E-state index in [-0.39, 0.29) is 5.57 Å². The highest BCUT2D eigenvalue weighted by atomic mass is 79.9. The molecule has 1 N–H and O–H groups in total. The molecule has 0 unspecified atom stereocenters. The van der Waals surface area contributed by atoms with E-state index in [2.05, 4.69) is 27.8 Å². The van der Waals surface area contributed by atoms with Gasteiger partial charge in [-0.1, -0.05) is 51.8 Å².